The number of carbonyl (C=O) groups excluding carboxylic acids is 1. The Morgan fingerprint density at radius 2 is 2.10 bits per heavy atom. The highest BCUT2D eigenvalue weighted by molar-refractivity contribution is 5.89. The molecule has 0 aliphatic heterocycles. The first-order valence-electron chi connectivity index (χ1n) is 6.46. The Kier molecular flexibility index (Phi) is 3.35. The van der Waals surface area contributed by atoms with Crippen molar-refractivity contribution in [3.63, 3.8) is 0 Å². The maximum absolute atomic E-state index is 12.9. The van der Waals surface area contributed by atoms with Crippen molar-refractivity contribution in [1.29, 1.82) is 0 Å². The molecule has 0 atom stereocenters. The zero-order chi connectivity index (χ0) is 14.8. The Labute approximate surface area is 120 Å². The van der Waals surface area contributed by atoms with Crippen LogP contribution in [-0.4, -0.2) is 27.2 Å². The highest BCUT2D eigenvalue weighted by Crippen LogP contribution is 2.19. The lowest BCUT2D eigenvalue weighted by molar-refractivity contribution is 0.0525. The number of rotatable bonds is 3. The molecule has 0 radical (unpaired) electrons. The fourth-order valence-electron chi connectivity index (χ4n) is 1.96. The molecule has 0 aliphatic rings. The fourth-order valence-corrected chi connectivity index (χ4v) is 1.96. The summed E-state index contributed by atoms with van der Waals surface area (Å²) in [6.07, 6.45) is 3.01. The molecule has 6 heteroatoms. The molecule has 0 fully saturated rings. The molecule has 5 nitrogen and oxygen atoms in total. The lowest BCUT2D eigenvalue weighted by Crippen LogP contribution is -2.07. The van der Waals surface area contributed by atoms with Crippen LogP contribution in [0, 0.1) is 5.82 Å². The summed E-state index contributed by atoms with van der Waals surface area (Å²) >= 11 is 0. The van der Waals surface area contributed by atoms with Gasteiger partial charge in [0.15, 0.2) is 5.65 Å². The number of hydrogen-bond donors (Lipinski definition) is 0. The number of esters is 1. The van der Waals surface area contributed by atoms with Crippen LogP contribution in [0.1, 0.15) is 17.3 Å². The lowest BCUT2D eigenvalue weighted by atomic mass is 10.1. The van der Waals surface area contributed by atoms with Gasteiger partial charge < -0.3 is 4.74 Å². The minimum Gasteiger partial charge on any atom is -0.462 e. The van der Waals surface area contributed by atoms with Gasteiger partial charge in [-0.05, 0) is 31.2 Å². The Balaban J connectivity index is 2.00. The van der Waals surface area contributed by atoms with E-state index in [2.05, 4.69) is 10.1 Å². The minimum absolute atomic E-state index is 0.301. The third-order valence-corrected chi connectivity index (χ3v) is 2.96. The maximum Gasteiger partial charge on any atom is 0.341 e. The molecule has 106 valence electrons. The monoisotopic (exact) mass is 285 g/mol. The van der Waals surface area contributed by atoms with E-state index in [1.807, 2.05) is 0 Å². The number of nitrogens with zero attached hydrogens (tertiary/aromatic N) is 3. The quantitative estimate of drug-likeness (QED) is 0.694. The highest BCUT2D eigenvalue weighted by atomic mass is 19.1. The van der Waals surface area contributed by atoms with Gasteiger partial charge in [0.05, 0.1) is 17.9 Å². The summed E-state index contributed by atoms with van der Waals surface area (Å²) in [6, 6.07) is 7.79. The average Bonchev–Trinajstić information content (AvgIpc) is 2.91. The molecule has 0 aliphatic carbocycles. The van der Waals surface area contributed by atoms with Crippen molar-refractivity contribution in [2.45, 2.75) is 6.92 Å². The summed E-state index contributed by atoms with van der Waals surface area (Å²) in [6.45, 7) is 2.04. The molecule has 1 aromatic carbocycles. The van der Waals surface area contributed by atoms with Crippen LogP contribution >= 0.6 is 0 Å². The van der Waals surface area contributed by atoms with E-state index in [9.17, 15) is 9.18 Å². The van der Waals surface area contributed by atoms with Crippen LogP contribution < -0.4 is 0 Å². The average molecular weight is 285 g/mol. The van der Waals surface area contributed by atoms with Crippen molar-refractivity contribution in [3.05, 3.63) is 54.1 Å². The van der Waals surface area contributed by atoms with Gasteiger partial charge >= 0.3 is 5.97 Å². The van der Waals surface area contributed by atoms with Crippen molar-refractivity contribution >= 4 is 11.6 Å². The molecular formula is C15H12FN3O2. The van der Waals surface area contributed by atoms with E-state index < -0.39 is 5.97 Å². The number of aromatic nitrogens is 3. The normalized spacial score (nSPS) is 10.8. The number of halogens is 1. The SMILES string of the molecule is CCOC(=O)c1cnc2cc(-c3ccc(F)cc3)nn2c1. The van der Waals surface area contributed by atoms with Crippen molar-refractivity contribution < 1.29 is 13.9 Å². The number of ether oxygens (including phenoxy) is 1. The van der Waals surface area contributed by atoms with Crippen molar-refractivity contribution in [2.75, 3.05) is 6.61 Å². The highest BCUT2D eigenvalue weighted by Gasteiger charge is 2.11. The predicted octanol–water partition coefficient (Wildman–Crippen LogP) is 2.71. The van der Waals surface area contributed by atoms with E-state index >= 15 is 0 Å². The topological polar surface area (TPSA) is 56.5 Å². The zero-order valence-corrected chi connectivity index (χ0v) is 11.3. The second-order valence-corrected chi connectivity index (χ2v) is 4.40. The number of fused-ring (bicyclic) bond motifs is 1. The predicted molar refractivity (Wildman–Crippen MR) is 74.3 cm³/mol. The van der Waals surface area contributed by atoms with E-state index in [-0.39, 0.29) is 5.82 Å². The molecule has 0 N–H and O–H groups in total. The first-order chi connectivity index (χ1) is 10.2. The molecule has 21 heavy (non-hydrogen) atoms. The van der Waals surface area contributed by atoms with Crippen molar-refractivity contribution in [3.8, 4) is 11.3 Å². The van der Waals surface area contributed by atoms with Crippen LogP contribution in [0.15, 0.2) is 42.7 Å². The summed E-state index contributed by atoms with van der Waals surface area (Å²) < 4.78 is 19.4. The summed E-state index contributed by atoms with van der Waals surface area (Å²) in [5.74, 6) is -0.740. The molecule has 3 aromatic rings. The van der Waals surface area contributed by atoms with E-state index in [4.69, 9.17) is 4.74 Å². The summed E-state index contributed by atoms with van der Waals surface area (Å²) in [4.78, 5) is 15.8. The van der Waals surface area contributed by atoms with Crippen LogP contribution in [0.5, 0.6) is 0 Å². The Morgan fingerprint density at radius 1 is 1.33 bits per heavy atom. The second kappa shape index (κ2) is 5.32. The van der Waals surface area contributed by atoms with Gasteiger partial charge in [-0.1, -0.05) is 0 Å². The molecule has 0 bridgehead atoms. The second-order valence-electron chi connectivity index (χ2n) is 4.40. The Morgan fingerprint density at radius 3 is 2.81 bits per heavy atom. The van der Waals surface area contributed by atoms with Gasteiger partial charge in [0, 0.05) is 24.0 Å². The van der Waals surface area contributed by atoms with Crippen LogP contribution in [-0.2, 0) is 4.74 Å². The molecular weight excluding hydrogens is 273 g/mol. The minimum atomic E-state index is -0.439. The molecule has 0 saturated carbocycles. The number of hydrogen-bond acceptors (Lipinski definition) is 4. The number of carbonyl (C=O) groups is 1. The van der Waals surface area contributed by atoms with Gasteiger partial charge in [0.2, 0.25) is 0 Å². The lowest BCUT2D eigenvalue weighted by Gasteiger charge is -2.01. The van der Waals surface area contributed by atoms with Crippen LogP contribution in [0.25, 0.3) is 16.9 Å². The summed E-state index contributed by atoms with van der Waals surface area (Å²) in [7, 11) is 0. The van der Waals surface area contributed by atoms with E-state index in [1.165, 1.54) is 22.8 Å². The standard InChI is InChI=1S/C15H12FN3O2/c1-2-21-15(20)11-8-17-14-7-13(18-19(14)9-11)10-3-5-12(16)6-4-10/h3-9H,2H2,1H3. The smallest absolute Gasteiger partial charge is 0.341 e. The van der Waals surface area contributed by atoms with Gasteiger partial charge in [0.25, 0.3) is 0 Å². The summed E-state index contributed by atoms with van der Waals surface area (Å²) in [5, 5.41) is 4.34. The molecule has 0 saturated heterocycles. The Hall–Kier alpha value is -2.76. The van der Waals surface area contributed by atoms with Gasteiger partial charge in [0.1, 0.15) is 5.82 Å². The summed E-state index contributed by atoms with van der Waals surface area (Å²) in [5.41, 5.74) is 2.36. The molecule has 3 rings (SSSR count). The van der Waals surface area contributed by atoms with Gasteiger partial charge in [-0.2, -0.15) is 5.10 Å². The molecule has 0 unspecified atom stereocenters. The van der Waals surface area contributed by atoms with Crippen LogP contribution in [0.2, 0.25) is 0 Å². The van der Waals surface area contributed by atoms with Crippen molar-refractivity contribution in [1.82, 2.24) is 14.6 Å². The van der Waals surface area contributed by atoms with Crippen LogP contribution in [0.4, 0.5) is 4.39 Å². The largest absolute Gasteiger partial charge is 0.462 e. The van der Waals surface area contributed by atoms with Gasteiger partial charge in [-0.25, -0.2) is 18.7 Å². The Bertz CT molecular complexity index is 796. The molecule has 2 heterocycles. The van der Waals surface area contributed by atoms with Crippen LogP contribution in [0.3, 0.4) is 0 Å². The maximum atomic E-state index is 12.9. The van der Waals surface area contributed by atoms with Gasteiger partial charge in [-0.3, -0.25) is 0 Å². The third kappa shape index (κ3) is 2.60. The van der Waals surface area contributed by atoms with Crippen molar-refractivity contribution in [2.24, 2.45) is 0 Å². The fraction of sp³-hybridized carbons (Fsp3) is 0.133. The molecule has 2 aromatic heterocycles. The first-order valence-corrected chi connectivity index (χ1v) is 6.46. The molecule has 0 amide bonds. The van der Waals surface area contributed by atoms with E-state index in [1.54, 1.807) is 31.3 Å². The third-order valence-electron chi connectivity index (χ3n) is 2.96. The van der Waals surface area contributed by atoms with E-state index in [0.717, 1.165) is 5.56 Å². The number of benzene rings is 1. The zero-order valence-electron chi connectivity index (χ0n) is 11.3. The van der Waals surface area contributed by atoms with Gasteiger partial charge in [-0.15, -0.1) is 0 Å². The molecule has 0 spiro atoms. The van der Waals surface area contributed by atoms with E-state index in [0.29, 0.717) is 23.5 Å². The first kappa shape index (κ1) is 13.2.